The lowest BCUT2D eigenvalue weighted by molar-refractivity contribution is -0.126. The molecule has 1 unspecified atom stereocenters. The number of carbonyl (C=O) groups excluding carboxylic acids is 1. The fourth-order valence-electron chi connectivity index (χ4n) is 1.95. The summed E-state index contributed by atoms with van der Waals surface area (Å²) in [6.07, 6.45) is 11.6. The van der Waals surface area contributed by atoms with E-state index < -0.39 is 0 Å². The van der Waals surface area contributed by atoms with Gasteiger partial charge in [0, 0.05) is 18.4 Å². The van der Waals surface area contributed by atoms with Crippen LogP contribution in [0.3, 0.4) is 0 Å². The average Bonchev–Trinajstić information content (AvgIpc) is 2.19. The van der Waals surface area contributed by atoms with Crippen molar-refractivity contribution in [2.45, 2.75) is 51.5 Å². The summed E-state index contributed by atoms with van der Waals surface area (Å²) in [6, 6.07) is 0.120. The first kappa shape index (κ1) is 11.1. The Balaban J connectivity index is 2.30. The fraction of sp³-hybridized carbons (Fsp3) is 0.750. The third-order valence-electron chi connectivity index (χ3n) is 2.79. The van der Waals surface area contributed by atoms with Gasteiger partial charge in [0.15, 0.2) is 0 Å². The molecule has 1 N–H and O–H groups in total. The summed E-state index contributed by atoms with van der Waals surface area (Å²) in [5.41, 5.74) is 0. The van der Waals surface area contributed by atoms with E-state index in [0.29, 0.717) is 6.42 Å². The van der Waals surface area contributed by atoms with E-state index in [1.165, 1.54) is 19.3 Å². The van der Waals surface area contributed by atoms with E-state index in [-0.39, 0.29) is 17.9 Å². The smallest absolute Gasteiger partial charge is 0.223 e. The van der Waals surface area contributed by atoms with Crippen molar-refractivity contribution in [3.63, 3.8) is 0 Å². The van der Waals surface area contributed by atoms with E-state index >= 15 is 0 Å². The standard InChI is InChI=1S/C12H19NO/c1-3-7-10(2)13-12(14)11-8-5-4-6-9-11/h1,10-11H,4-9H2,2H3,(H,13,14). The van der Waals surface area contributed by atoms with Crippen molar-refractivity contribution < 1.29 is 4.79 Å². The Labute approximate surface area is 86.5 Å². The molecule has 0 aromatic carbocycles. The summed E-state index contributed by atoms with van der Waals surface area (Å²) in [7, 11) is 0. The normalized spacial score (nSPS) is 19.7. The number of hydrogen-bond acceptors (Lipinski definition) is 1. The molecule has 1 rings (SSSR count). The highest BCUT2D eigenvalue weighted by molar-refractivity contribution is 5.78. The molecule has 0 heterocycles. The van der Waals surface area contributed by atoms with Gasteiger partial charge in [0.2, 0.25) is 5.91 Å². The third kappa shape index (κ3) is 3.41. The second-order valence-corrected chi connectivity index (χ2v) is 4.15. The highest BCUT2D eigenvalue weighted by Gasteiger charge is 2.21. The molecular weight excluding hydrogens is 174 g/mol. The zero-order chi connectivity index (χ0) is 10.4. The molecule has 1 amide bonds. The number of rotatable bonds is 3. The molecule has 0 aromatic heterocycles. The van der Waals surface area contributed by atoms with Crippen molar-refractivity contribution in [1.29, 1.82) is 0 Å². The van der Waals surface area contributed by atoms with E-state index in [1.54, 1.807) is 0 Å². The fourth-order valence-corrected chi connectivity index (χ4v) is 1.95. The number of hydrogen-bond donors (Lipinski definition) is 1. The maximum atomic E-state index is 11.7. The molecular formula is C12H19NO. The minimum Gasteiger partial charge on any atom is -0.352 e. The van der Waals surface area contributed by atoms with Crippen LogP contribution in [0, 0.1) is 18.3 Å². The summed E-state index contributed by atoms with van der Waals surface area (Å²) in [4.78, 5) is 11.7. The van der Waals surface area contributed by atoms with Gasteiger partial charge in [-0.2, -0.15) is 0 Å². The molecule has 0 aromatic rings. The maximum Gasteiger partial charge on any atom is 0.223 e. The summed E-state index contributed by atoms with van der Waals surface area (Å²) in [5, 5.41) is 2.97. The van der Waals surface area contributed by atoms with Gasteiger partial charge in [-0.05, 0) is 19.8 Å². The summed E-state index contributed by atoms with van der Waals surface area (Å²) >= 11 is 0. The zero-order valence-corrected chi connectivity index (χ0v) is 8.88. The minimum atomic E-state index is 0.120. The number of terminal acetylenes is 1. The quantitative estimate of drug-likeness (QED) is 0.683. The molecule has 14 heavy (non-hydrogen) atoms. The zero-order valence-electron chi connectivity index (χ0n) is 8.88. The van der Waals surface area contributed by atoms with Crippen LogP contribution in [0.4, 0.5) is 0 Å². The van der Waals surface area contributed by atoms with Crippen molar-refractivity contribution in [1.82, 2.24) is 5.32 Å². The molecule has 2 heteroatoms. The summed E-state index contributed by atoms with van der Waals surface area (Å²) < 4.78 is 0. The molecule has 0 saturated heterocycles. The Morgan fingerprint density at radius 3 is 2.71 bits per heavy atom. The van der Waals surface area contributed by atoms with Crippen molar-refractivity contribution in [2.24, 2.45) is 5.92 Å². The van der Waals surface area contributed by atoms with Crippen LogP contribution >= 0.6 is 0 Å². The van der Waals surface area contributed by atoms with Crippen LogP contribution in [0.1, 0.15) is 45.4 Å². The highest BCUT2D eigenvalue weighted by Crippen LogP contribution is 2.23. The molecule has 1 saturated carbocycles. The van der Waals surface area contributed by atoms with Gasteiger partial charge in [-0.3, -0.25) is 4.79 Å². The predicted molar refractivity (Wildman–Crippen MR) is 57.6 cm³/mol. The first-order valence-corrected chi connectivity index (χ1v) is 5.48. The Bertz CT molecular complexity index is 223. The third-order valence-corrected chi connectivity index (χ3v) is 2.79. The van der Waals surface area contributed by atoms with Crippen LogP contribution in [0.2, 0.25) is 0 Å². The number of amides is 1. The molecule has 0 radical (unpaired) electrons. The maximum absolute atomic E-state index is 11.7. The van der Waals surface area contributed by atoms with Gasteiger partial charge in [0.25, 0.3) is 0 Å². The van der Waals surface area contributed by atoms with Gasteiger partial charge in [-0.15, -0.1) is 12.3 Å². The highest BCUT2D eigenvalue weighted by atomic mass is 16.1. The molecule has 1 aliphatic carbocycles. The first-order chi connectivity index (χ1) is 6.74. The number of nitrogens with one attached hydrogen (secondary N) is 1. The molecule has 2 nitrogen and oxygen atoms in total. The lowest BCUT2D eigenvalue weighted by Crippen LogP contribution is -2.37. The Morgan fingerprint density at radius 2 is 2.14 bits per heavy atom. The van der Waals surface area contributed by atoms with Gasteiger partial charge in [0.05, 0.1) is 0 Å². The Morgan fingerprint density at radius 1 is 1.50 bits per heavy atom. The summed E-state index contributed by atoms with van der Waals surface area (Å²) in [6.45, 7) is 1.96. The summed E-state index contributed by atoms with van der Waals surface area (Å²) in [5.74, 6) is 3.00. The van der Waals surface area contributed by atoms with E-state index in [4.69, 9.17) is 6.42 Å². The van der Waals surface area contributed by atoms with Crippen LogP contribution in [0.15, 0.2) is 0 Å². The topological polar surface area (TPSA) is 29.1 Å². The lowest BCUT2D eigenvalue weighted by Gasteiger charge is -2.22. The predicted octanol–water partition coefficient (Wildman–Crippen LogP) is 2.09. The van der Waals surface area contributed by atoms with Crippen LogP contribution in [-0.2, 0) is 4.79 Å². The van der Waals surface area contributed by atoms with Crippen molar-refractivity contribution >= 4 is 5.91 Å². The lowest BCUT2D eigenvalue weighted by atomic mass is 9.88. The van der Waals surface area contributed by atoms with Crippen LogP contribution in [-0.4, -0.2) is 11.9 Å². The van der Waals surface area contributed by atoms with E-state index in [2.05, 4.69) is 11.2 Å². The molecule has 1 fully saturated rings. The van der Waals surface area contributed by atoms with E-state index in [1.807, 2.05) is 6.92 Å². The Hall–Kier alpha value is -0.970. The number of carbonyl (C=O) groups is 1. The van der Waals surface area contributed by atoms with Gasteiger partial charge in [-0.1, -0.05) is 19.3 Å². The van der Waals surface area contributed by atoms with Crippen LogP contribution in [0.5, 0.6) is 0 Å². The van der Waals surface area contributed by atoms with Gasteiger partial charge in [0.1, 0.15) is 0 Å². The second kappa shape index (κ2) is 5.70. The first-order valence-electron chi connectivity index (χ1n) is 5.48. The van der Waals surface area contributed by atoms with Crippen molar-refractivity contribution in [3.05, 3.63) is 0 Å². The molecule has 0 spiro atoms. The molecule has 0 bridgehead atoms. The molecule has 1 atom stereocenters. The van der Waals surface area contributed by atoms with Crippen LogP contribution in [0.25, 0.3) is 0 Å². The average molecular weight is 193 g/mol. The van der Waals surface area contributed by atoms with E-state index in [0.717, 1.165) is 12.8 Å². The van der Waals surface area contributed by atoms with Gasteiger partial charge in [-0.25, -0.2) is 0 Å². The molecule has 78 valence electrons. The largest absolute Gasteiger partial charge is 0.352 e. The molecule has 0 aliphatic heterocycles. The SMILES string of the molecule is C#CCC(C)NC(=O)C1CCCCC1. The van der Waals surface area contributed by atoms with Gasteiger partial charge >= 0.3 is 0 Å². The van der Waals surface area contributed by atoms with Gasteiger partial charge < -0.3 is 5.32 Å². The van der Waals surface area contributed by atoms with Crippen LogP contribution < -0.4 is 5.32 Å². The van der Waals surface area contributed by atoms with Crippen molar-refractivity contribution in [2.75, 3.05) is 0 Å². The van der Waals surface area contributed by atoms with E-state index in [9.17, 15) is 4.79 Å². The van der Waals surface area contributed by atoms with Crippen molar-refractivity contribution in [3.8, 4) is 12.3 Å². The second-order valence-electron chi connectivity index (χ2n) is 4.15. The monoisotopic (exact) mass is 193 g/mol. The minimum absolute atomic E-state index is 0.120. The molecule has 1 aliphatic rings. The Kier molecular flexibility index (Phi) is 4.52.